The van der Waals surface area contributed by atoms with Gasteiger partial charge in [-0.15, -0.1) is 0 Å². The quantitative estimate of drug-likeness (QED) is 0.911. The van der Waals surface area contributed by atoms with Gasteiger partial charge < -0.3 is 5.11 Å². The Bertz CT molecular complexity index is 514. The van der Waals surface area contributed by atoms with Gasteiger partial charge in [-0.05, 0) is 57.3 Å². The molecule has 1 aromatic heterocycles. The molecule has 0 radical (unpaired) electrons. The Morgan fingerprint density at radius 1 is 1.14 bits per heavy atom. The Balaban J connectivity index is 1.77. The molecule has 2 aliphatic rings. The summed E-state index contributed by atoms with van der Waals surface area (Å²) in [6.45, 7) is 1.95. The van der Waals surface area contributed by atoms with Crippen molar-refractivity contribution in [3.05, 3.63) is 29.6 Å². The molecule has 1 N–H and O–H groups in total. The molecule has 0 unspecified atom stereocenters. The summed E-state index contributed by atoms with van der Waals surface area (Å²) in [5, 5.41) is 10.2. The van der Waals surface area contributed by atoms with Gasteiger partial charge in [0.1, 0.15) is 5.69 Å². The molecule has 2 heterocycles. The molecule has 1 aliphatic carbocycles. The van der Waals surface area contributed by atoms with E-state index < -0.39 is 11.9 Å². The van der Waals surface area contributed by atoms with E-state index in [9.17, 15) is 18.3 Å². The van der Waals surface area contributed by atoms with Crippen LogP contribution in [0, 0.1) is 0 Å². The predicted molar refractivity (Wildman–Crippen MR) is 76.4 cm³/mol. The van der Waals surface area contributed by atoms with Gasteiger partial charge in [0.2, 0.25) is 0 Å². The minimum absolute atomic E-state index is 0.00343. The summed E-state index contributed by atoms with van der Waals surface area (Å²) >= 11 is 0. The van der Waals surface area contributed by atoms with Crippen LogP contribution in [0.2, 0.25) is 0 Å². The summed E-state index contributed by atoms with van der Waals surface area (Å²) in [5.74, 6) is -0.00343. The number of pyridine rings is 1. The fourth-order valence-corrected chi connectivity index (χ4v) is 3.70. The average Bonchev–Trinajstić information content (AvgIpc) is 3.01. The van der Waals surface area contributed by atoms with E-state index in [0.29, 0.717) is 25.0 Å². The zero-order chi connectivity index (χ0) is 15.7. The number of aliphatic hydroxyl groups excluding tert-OH is 1. The number of likely N-dealkylation sites (tertiary alicyclic amines) is 1. The molecule has 0 aromatic carbocycles. The first-order valence-electron chi connectivity index (χ1n) is 7.91. The van der Waals surface area contributed by atoms with Gasteiger partial charge in [0.15, 0.2) is 0 Å². The fourth-order valence-electron chi connectivity index (χ4n) is 3.70. The van der Waals surface area contributed by atoms with Crippen LogP contribution in [0.15, 0.2) is 18.2 Å². The van der Waals surface area contributed by atoms with Crippen molar-refractivity contribution in [2.75, 3.05) is 13.1 Å². The zero-order valence-corrected chi connectivity index (χ0v) is 12.4. The van der Waals surface area contributed by atoms with Gasteiger partial charge in [0, 0.05) is 17.7 Å². The lowest BCUT2D eigenvalue weighted by atomic mass is 9.81. The number of aliphatic hydroxyl groups is 1. The van der Waals surface area contributed by atoms with Gasteiger partial charge in [-0.1, -0.05) is 6.07 Å². The molecule has 6 heteroatoms. The Morgan fingerprint density at radius 3 is 2.55 bits per heavy atom. The van der Waals surface area contributed by atoms with Gasteiger partial charge in [0.25, 0.3) is 0 Å². The lowest BCUT2D eigenvalue weighted by molar-refractivity contribution is -0.141. The number of aromatic nitrogens is 1. The maximum absolute atomic E-state index is 12.8. The summed E-state index contributed by atoms with van der Waals surface area (Å²) in [6.07, 6.45) is -0.497. The van der Waals surface area contributed by atoms with Gasteiger partial charge in [-0.25, -0.2) is 4.98 Å². The van der Waals surface area contributed by atoms with Crippen molar-refractivity contribution in [2.24, 2.45) is 0 Å². The van der Waals surface area contributed by atoms with Crippen LogP contribution in [-0.2, 0) is 6.18 Å². The van der Waals surface area contributed by atoms with Crippen LogP contribution in [0.4, 0.5) is 13.2 Å². The van der Waals surface area contributed by atoms with E-state index in [-0.39, 0.29) is 18.1 Å². The lowest BCUT2D eigenvalue weighted by Gasteiger charge is -2.38. The minimum Gasteiger partial charge on any atom is -0.391 e. The highest BCUT2D eigenvalue weighted by molar-refractivity contribution is 5.18. The van der Waals surface area contributed by atoms with E-state index >= 15 is 0 Å². The van der Waals surface area contributed by atoms with Crippen LogP contribution in [0.1, 0.15) is 49.4 Å². The first-order chi connectivity index (χ1) is 10.4. The second kappa shape index (κ2) is 6.16. The number of alkyl halides is 3. The third-order valence-corrected chi connectivity index (χ3v) is 4.87. The summed E-state index contributed by atoms with van der Waals surface area (Å²) < 4.78 is 38.4. The third-order valence-electron chi connectivity index (χ3n) is 4.87. The molecule has 122 valence electrons. The van der Waals surface area contributed by atoms with Crippen LogP contribution in [0.25, 0.3) is 0 Å². The van der Waals surface area contributed by atoms with E-state index in [1.165, 1.54) is 6.07 Å². The molecular weight excluding hydrogens is 293 g/mol. The Morgan fingerprint density at radius 2 is 1.86 bits per heavy atom. The molecule has 2 fully saturated rings. The molecular formula is C16H21F3N2O. The molecule has 1 aromatic rings. The predicted octanol–water partition coefficient (Wildman–Crippen LogP) is 3.19. The molecule has 1 saturated carbocycles. The second-order valence-corrected chi connectivity index (χ2v) is 6.33. The summed E-state index contributed by atoms with van der Waals surface area (Å²) in [4.78, 5) is 6.11. The normalized spacial score (nSPS) is 30.6. The highest BCUT2D eigenvalue weighted by Crippen LogP contribution is 2.37. The van der Waals surface area contributed by atoms with Crippen molar-refractivity contribution >= 4 is 0 Å². The van der Waals surface area contributed by atoms with Gasteiger partial charge >= 0.3 is 6.18 Å². The maximum atomic E-state index is 12.8. The highest BCUT2D eigenvalue weighted by atomic mass is 19.4. The number of nitrogens with zero attached hydrogens (tertiary/aromatic N) is 2. The van der Waals surface area contributed by atoms with Crippen LogP contribution < -0.4 is 0 Å². The second-order valence-electron chi connectivity index (χ2n) is 6.33. The number of hydrogen-bond acceptors (Lipinski definition) is 3. The van der Waals surface area contributed by atoms with Crippen LogP contribution in [0.5, 0.6) is 0 Å². The van der Waals surface area contributed by atoms with Gasteiger partial charge in [-0.3, -0.25) is 4.90 Å². The molecule has 3 atom stereocenters. The molecule has 0 spiro atoms. The summed E-state index contributed by atoms with van der Waals surface area (Å²) in [7, 11) is 0. The van der Waals surface area contributed by atoms with E-state index in [1.807, 2.05) is 0 Å². The number of halogens is 3. The van der Waals surface area contributed by atoms with E-state index in [1.54, 1.807) is 6.07 Å². The number of rotatable bonds is 2. The smallest absolute Gasteiger partial charge is 0.391 e. The van der Waals surface area contributed by atoms with Crippen LogP contribution in [-0.4, -0.2) is 40.2 Å². The van der Waals surface area contributed by atoms with E-state index in [2.05, 4.69) is 9.88 Å². The molecule has 1 aliphatic heterocycles. The SMILES string of the molecule is O[C@H]1CC[C@H](c2cccc(C(F)(F)F)n2)C[C@@H]1N1CCCC1. The first kappa shape index (κ1) is 15.7. The Kier molecular flexibility index (Phi) is 4.41. The number of hydrogen-bond donors (Lipinski definition) is 1. The maximum Gasteiger partial charge on any atom is 0.433 e. The standard InChI is InChI=1S/C16H21F3N2O/c17-16(18,19)15-5-3-4-12(20-15)11-6-7-14(22)13(10-11)21-8-1-2-9-21/h3-5,11,13-14,22H,1-2,6-10H2/t11-,13-,14-/m0/s1. The van der Waals surface area contributed by atoms with Crippen molar-refractivity contribution in [1.82, 2.24) is 9.88 Å². The zero-order valence-electron chi connectivity index (χ0n) is 12.4. The topological polar surface area (TPSA) is 36.4 Å². The van der Waals surface area contributed by atoms with Crippen LogP contribution >= 0.6 is 0 Å². The van der Waals surface area contributed by atoms with E-state index in [0.717, 1.165) is 32.0 Å². The molecule has 3 nitrogen and oxygen atoms in total. The average molecular weight is 314 g/mol. The first-order valence-corrected chi connectivity index (χ1v) is 7.91. The van der Waals surface area contributed by atoms with Gasteiger partial charge in [-0.2, -0.15) is 13.2 Å². The Hall–Kier alpha value is -1.14. The fraction of sp³-hybridized carbons (Fsp3) is 0.688. The highest BCUT2D eigenvalue weighted by Gasteiger charge is 2.37. The molecule has 22 heavy (non-hydrogen) atoms. The van der Waals surface area contributed by atoms with Crippen molar-refractivity contribution < 1.29 is 18.3 Å². The summed E-state index contributed by atoms with van der Waals surface area (Å²) in [5.41, 5.74) is -0.320. The summed E-state index contributed by atoms with van der Waals surface area (Å²) in [6, 6.07) is 4.18. The largest absolute Gasteiger partial charge is 0.433 e. The molecule has 3 rings (SSSR count). The van der Waals surface area contributed by atoms with Crippen molar-refractivity contribution in [3.8, 4) is 0 Å². The third kappa shape index (κ3) is 3.27. The van der Waals surface area contributed by atoms with Crippen molar-refractivity contribution in [2.45, 2.75) is 56.3 Å². The molecule has 1 saturated heterocycles. The van der Waals surface area contributed by atoms with Crippen molar-refractivity contribution in [1.29, 1.82) is 0 Å². The van der Waals surface area contributed by atoms with Crippen LogP contribution in [0.3, 0.4) is 0 Å². The molecule has 0 amide bonds. The van der Waals surface area contributed by atoms with E-state index in [4.69, 9.17) is 0 Å². The minimum atomic E-state index is -4.40. The van der Waals surface area contributed by atoms with Crippen molar-refractivity contribution in [3.63, 3.8) is 0 Å². The lowest BCUT2D eigenvalue weighted by Crippen LogP contribution is -2.45. The Labute approximate surface area is 128 Å². The monoisotopic (exact) mass is 314 g/mol. The molecule has 0 bridgehead atoms. The van der Waals surface area contributed by atoms with Gasteiger partial charge in [0.05, 0.1) is 6.10 Å².